The zero-order valence-corrected chi connectivity index (χ0v) is 16.5. The van der Waals surface area contributed by atoms with Gasteiger partial charge in [0, 0.05) is 12.3 Å². The number of hydrogen-bond acceptors (Lipinski definition) is 5. The lowest BCUT2D eigenvalue weighted by molar-refractivity contribution is -0.120. The summed E-state index contributed by atoms with van der Waals surface area (Å²) in [6.45, 7) is 2.60. The molecule has 142 valence electrons. The molecular formula is C21H25N3O2S. The molecule has 2 aromatic rings. The van der Waals surface area contributed by atoms with Crippen LogP contribution in [0.25, 0.3) is 0 Å². The van der Waals surface area contributed by atoms with Gasteiger partial charge in [-0.25, -0.2) is 0 Å². The van der Waals surface area contributed by atoms with Crippen molar-refractivity contribution in [1.82, 2.24) is 5.32 Å². The van der Waals surface area contributed by atoms with Gasteiger partial charge in [0.1, 0.15) is 5.75 Å². The standard InChI is InChI=1S/C21H25N3O2S/c1-21(10-11-27-20(22)24-21)17-5-3-4-16(12-17)14-23-19(25)13-15-6-8-18(26-2)9-7-15/h3-9,12H,10-11,13-14H2,1-2H3,(H2,22,24)(H,23,25). The van der Waals surface area contributed by atoms with Crippen LogP contribution in [0.2, 0.25) is 0 Å². The van der Waals surface area contributed by atoms with Crippen molar-refractivity contribution in [3.8, 4) is 5.75 Å². The number of amidine groups is 1. The lowest BCUT2D eigenvalue weighted by atomic mass is 9.89. The number of thioether (sulfide) groups is 1. The Kier molecular flexibility index (Phi) is 6.06. The van der Waals surface area contributed by atoms with Crippen molar-refractivity contribution < 1.29 is 9.53 Å². The average molecular weight is 384 g/mol. The molecule has 27 heavy (non-hydrogen) atoms. The summed E-state index contributed by atoms with van der Waals surface area (Å²) >= 11 is 1.60. The van der Waals surface area contributed by atoms with Crippen LogP contribution >= 0.6 is 11.8 Å². The quantitative estimate of drug-likeness (QED) is 0.803. The van der Waals surface area contributed by atoms with Crippen molar-refractivity contribution in [3.05, 3.63) is 65.2 Å². The Bertz CT molecular complexity index is 836. The minimum Gasteiger partial charge on any atom is -0.497 e. The molecule has 3 rings (SSSR count). The van der Waals surface area contributed by atoms with Crippen LogP contribution in [0.5, 0.6) is 5.75 Å². The molecule has 0 spiro atoms. The average Bonchev–Trinajstić information content (AvgIpc) is 2.67. The molecule has 0 aromatic heterocycles. The third kappa shape index (κ3) is 5.04. The van der Waals surface area contributed by atoms with Gasteiger partial charge in [-0.2, -0.15) is 0 Å². The van der Waals surface area contributed by atoms with E-state index in [4.69, 9.17) is 10.5 Å². The number of aliphatic imine (C=N–C) groups is 1. The molecular weight excluding hydrogens is 358 g/mol. The van der Waals surface area contributed by atoms with Crippen LogP contribution in [0.4, 0.5) is 0 Å². The third-order valence-electron chi connectivity index (χ3n) is 4.76. The number of amides is 1. The number of nitrogens with zero attached hydrogens (tertiary/aromatic N) is 1. The Morgan fingerprint density at radius 2 is 2.04 bits per heavy atom. The fraction of sp³-hybridized carbons (Fsp3) is 0.333. The van der Waals surface area contributed by atoms with Gasteiger partial charge in [0.05, 0.1) is 19.1 Å². The molecule has 0 radical (unpaired) electrons. The van der Waals surface area contributed by atoms with E-state index in [1.54, 1.807) is 18.9 Å². The summed E-state index contributed by atoms with van der Waals surface area (Å²) in [5, 5.41) is 3.63. The maximum Gasteiger partial charge on any atom is 0.224 e. The van der Waals surface area contributed by atoms with Crippen molar-refractivity contribution in [3.63, 3.8) is 0 Å². The van der Waals surface area contributed by atoms with E-state index in [-0.39, 0.29) is 11.4 Å². The van der Waals surface area contributed by atoms with E-state index in [0.717, 1.165) is 34.6 Å². The number of methoxy groups -OCH3 is 1. The van der Waals surface area contributed by atoms with Crippen molar-refractivity contribution in [1.29, 1.82) is 0 Å². The van der Waals surface area contributed by atoms with Crippen LogP contribution in [0.3, 0.4) is 0 Å². The highest BCUT2D eigenvalue weighted by molar-refractivity contribution is 8.13. The fourth-order valence-electron chi connectivity index (χ4n) is 3.10. The number of ether oxygens (including phenoxy) is 1. The summed E-state index contributed by atoms with van der Waals surface area (Å²) in [7, 11) is 1.63. The molecule has 1 heterocycles. The summed E-state index contributed by atoms with van der Waals surface area (Å²) in [6, 6.07) is 15.8. The highest BCUT2D eigenvalue weighted by Gasteiger charge is 2.29. The van der Waals surface area contributed by atoms with Crippen LogP contribution < -0.4 is 15.8 Å². The van der Waals surface area contributed by atoms with Crippen molar-refractivity contribution in [2.24, 2.45) is 10.7 Å². The van der Waals surface area contributed by atoms with E-state index in [1.165, 1.54) is 0 Å². The van der Waals surface area contributed by atoms with Crippen LogP contribution in [0, 0.1) is 0 Å². The first-order valence-corrected chi connectivity index (χ1v) is 9.94. The van der Waals surface area contributed by atoms with E-state index in [9.17, 15) is 4.79 Å². The molecule has 1 amide bonds. The van der Waals surface area contributed by atoms with Crippen molar-refractivity contribution in [2.75, 3.05) is 12.9 Å². The summed E-state index contributed by atoms with van der Waals surface area (Å²) in [5.41, 5.74) is 8.78. The molecule has 0 saturated heterocycles. The first-order valence-electron chi connectivity index (χ1n) is 8.96. The zero-order chi connectivity index (χ0) is 19.3. The first-order chi connectivity index (χ1) is 13.0. The number of nitrogens with two attached hydrogens (primary N) is 1. The van der Waals surface area contributed by atoms with Gasteiger partial charge in [-0.1, -0.05) is 48.2 Å². The van der Waals surface area contributed by atoms with Crippen LogP contribution in [-0.4, -0.2) is 23.9 Å². The molecule has 0 saturated carbocycles. The molecule has 0 aliphatic carbocycles. The maximum atomic E-state index is 12.2. The first kappa shape index (κ1) is 19.3. The molecule has 2 aromatic carbocycles. The summed E-state index contributed by atoms with van der Waals surface area (Å²) in [5.74, 6) is 1.75. The molecule has 6 heteroatoms. The highest BCUT2D eigenvalue weighted by Crippen LogP contribution is 2.35. The Hall–Kier alpha value is -2.47. The minimum atomic E-state index is -0.293. The van der Waals surface area contributed by atoms with Gasteiger partial charge < -0.3 is 15.8 Å². The largest absolute Gasteiger partial charge is 0.497 e. The van der Waals surface area contributed by atoms with E-state index in [1.807, 2.05) is 36.4 Å². The number of rotatable bonds is 6. The highest BCUT2D eigenvalue weighted by atomic mass is 32.2. The number of benzene rings is 2. The topological polar surface area (TPSA) is 76.7 Å². The van der Waals surface area contributed by atoms with Gasteiger partial charge in [0.15, 0.2) is 5.17 Å². The smallest absolute Gasteiger partial charge is 0.224 e. The van der Waals surface area contributed by atoms with E-state index in [2.05, 4.69) is 29.4 Å². The normalized spacial score (nSPS) is 19.3. The summed E-state index contributed by atoms with van der Waals surface area (Å²) < 4.78 is 5.14. The Morgan fingerprint density at radius 3 is 2.74 bits per heavy atom. The second-order valence-corrected chi connectivity index (χ2v) is 7.94. The molecule has 1 atom stereocenters. The molecule has 1 aliphatic heterocycles. The van der Waals surface area contributed by atoms with Gasteiger partial charge in [-0.05, 0) is 42.2 Å². The Balaban J connectivity index is 1.61. The van der Waals surface area contributed by atoms with Gasteiger partial charge >= 0.3 is 0 Å². The van der Waals surface area contributed by atoms with E-state index >= 15 is 0 Å². The Morgan fingerprint density at radius 1 is 1.26 bits per heavy atom. The number of carbonyl (C=O) groups is 1. The summed E-state index contributed by atoms with van der Waals surface area (Å²) in [4.78, 5) is 16.9. The zero-order valence-electron chi connectivity index (χ0n) is 15.7. The van der Waals surface area contributed by atoms with Gasteiger partial charge in [0.2, 0.25) is 5.91 Å². The summed E-state index contributed by atoms with van der Waals surface area (Å²) in [6.07, 6.45) is 1.30. The predicted molar refractivity (Wildman–Crippen MR) is 111 cm³/mol. The minimum absolute atomic E-state index is 0.00638. The lowest BCUT2D eigenvalue weighted by Gasteiger charge is -2.30. The van der Waals surface area contributed by atoms with Crippen LogP contribution in [-0.2, 0) is 23.3 Å². The van der Waals surface area contributed by atoms with Crippen molar-refractivity contribution >= 4 is 22.8 Å². The molecule has 1 unspecified atom stereocenters. The Labute approximate surface area is 164 Å². The van der Waals surface area contributed by atoms with Gasteiger partial charge in [-0.3, -0.25) is 9.79 Å². The van der Waals surface area contributed by atoms with Crippen LogP contribution in [0.15, 0.2) is 53.5 Å². The third-order valence-corrected chi connectivity index (χ3v) is 5.55. The second kappa shape index (κ2) is 8.48. The number of carbonyl (C=O) groups excluding carboxylic acids is 1. The monoisotopic (exact) mass is 383 g/mol. The predicted octanol–water partition coefficient (Wildman–Crippen LogP) is 3.22. The number of hydrogen-bond donors (Lipinski definition) is 2. The molecule has 3 N–H and O–H groups in total. The van der Waals surface area contributed by atoms with Gasteiger partial charge in [-0.15, -0.1) is 0 Å². The van der Waals surface area contributed by atoms with Crippen molar-refractivity contribution in [2.45, 2.75) is 31.8 Å². The second-order valence-electron chi connectivity index (χ2n) is 6.82. The lowest BCUT2D eigenvalue weighted by Crippen LogP contribution is -2.29. The molecule has 0 bridgehead atoms. The van der Waals surface area contributed by atoms with Gasteiger partial charge in [0.25, 0.3) is 0 Å². The van der Waals surface area contributed by atoms with E-state index in [0.29, 0.717) is 18.1 Å². The van der Waals surface area contributed by atoms with E-state index < -0.39 is 0 Å². The molecule has 5 nitrogen and oxygen atoms in total. The fourth-order valence-corrected chi connectivity index (χ4v) is 4.08. The maximum absolute atomic E-state index is 12.2. The SMILES string of the molecule is COc1ccc(CC(=O)NCc2cccc(C3(C)CCSC(N)=N3)c2)cc1. The van der Waals surface area contributed by atoms with Crippen LogP contribution in [0.1, 0.15) is 30.0 Å². The molecule has 0 fully saturated rings. The number of nitrogens with one attached hydrogen (secondary N) is 1. The molecule has 1 aliphatic rings.